The van der Waals surface area contributed by atoms with Crippen LogP contribution in [0, 0.1) is 6.92 Å². The molecular formula is C22H28BrN3O4S. The summed E-state index contributed by atoms with van der Waals surface area (Å²) in [6, 6.07) is 13.6. The molecule has 0 bridgehead atoms. The van der Waals surface area contributed by atoms with Crippen LogP contribution in [0.4, 0.5) is 5.69 Å². The minimum Gasteiger partial charge on any atom is -0.355 e. The molecule has 1 N–H and O–H groups in total. The van der Waals surface area contributed by atoms with Gasteiger partial charge in [0, 0.05) is 17.6 Å². The lowest BCUT2D eigenvalue weighted by atomic mass is 10.1. The first kappa shape index (κ1) is 24.9. The van der Waals surface area contributed by atoms with Crippen molar-refractivity contribution in [2.75, 3.05) is 23.7 Å². The van der Waals surface area contributed by atoms with E-state index in [0.717, 1.165) is 26.2 Å². The van der Waals surface area contributed by atoms with Gasteiger partial charge in [-0.05, 0) is 50.1 Å². The average Bonchev–Trinajstić information content (AvgIpc) is 2.71. The number of para-hydroxylation sites is 1. The lowest BCUT2D eigenvalue weighted by Crippen LogP contribution is -2.51. The third kappa shape index (κ3) is 6.80. The number of amides is 2. The number of nitrogens with one attached hydrogen (secondary N) is 1. The molecular weight excluding hydrogens is 482 g/mol. The monoisotopic (exact) mass is 509 g/mol. The number of likely N-dealkylation sites (N-methyl/N-ethyl adjacent to an activating group) is 1. The molecule has 0 aliphatic carbocycles. The average molecular weight is 510 g/mol. The summed E-state index contributed by atoms with van der Waals surface area (Å²) >= 11 is 3.38. The van der Waals surface area contributed by atoms with E-state index in [2.05, 4.69) is 21.2 Å². The molecule has 168 valence electrons. The van der Waals surface area contributed by atoms with Crippen LogP contribution in [0.5, 0.6) is 0 Å². The quantitative estimate of drug-likeness (QED) is 0.562. The van der Waals surface area contributed by atoms with E-state index in [1.54, 1.807) is 45.0 Å². The van der Waals surface area contributed by atoms with Crippen molar-refractivity contribution in [3.8, 4) is 0 Å². The maximum atomic E-state index is 13.3. The van der Waals surface area contributed by atoms with E-state index in [-0.39, 0.29) is 12.5 Å². The fourth-order valence-electron chi connectivity index (χ4n) is 3.13. The smallest absolute Gasteiger partial charge is 0.244 e. The fourth-order valence-corrected chi connectivity index (χ4v) is 4.30. The molecule has 0 aliphatic heterocycles. The number of anilines is 1. The minimum absolute atomic E-state index is 0.176. The summed E-state index contributed by atoms with van der Waals surface area (Å²) < 4.78 is 27.0. The predicted molar refractivity (Wildman–Crippen MR) is 126 cm³/mol. The van der Waals surface area contributed by atoms with Crippen molar-refractivity contribution in [1.82, 2.24) is 10.2 Å². The van der Waals surface area contributed by atoms with Crippen molar-refractivity contribution in [1.29, 1.82) is 0 Å². The number of sulfonamides is 1. The Morgan fingerprint density at radius 1 is 1.10 bits per heavy atom. The Morgan fingerprint density at radius 2 is 1.71 bits per heavy atom. The summed E-state index contributed by atoms with van der Waals surface area (Å²) in [7, 11) is -3.72. The van der Waals surface area contributed by atoms with Crippen molar-refractivity contribution in [3.63, 3.8) is 0 Å². The van der Waals surface area contributed by atoms with Gasteiger partial charge in [-0.25, -0.2) is 8.42 Å². The molecule has 0 saturated heterocycles. The second kappa shape index (κ2) is 10.8. The molecule has 0 radical (unpaired) electrons. The number of rotatable bonds is 9. The Hall–Kier alpha value is -2.39. The molecule has 2 aromatic rings. The highest BCUT2D eigenvalue weighted by molar-refractivity contribution is 9.10. The Labute approximate surface area is 192 Å². The van der Waals surface area contributed by atoms with Gasteiger partial charge in [-0.15, -0.1) is 0 Å². The first-order valence-electron chi connectivity index (χ1n) is 9.89. The van der Waals surface area contributed by atoms with Gasteiger partial charge in [0.15, 0.2) is 0 Å². The highest BCUT2D eigenvalue weighted by atomic mass is 79.9. The van der Waals surface area contributed by atoms with E-state index in [1.807, 2.05) is 24.3 Å². The molecule has 0 aliphatic rings. The number of hydrogen-bond donors (Lipinski definition) is 1. The van der Waals surface area contributed by atoms with E-state index in [1.165, 1.54) is 4.90 Å². The third-order valence-electron chi connectivity index (χ3n) is 4.85. The van der Waals surface area contributed by atoms with Gasteiger partial charge in [0.05, 0.1) is 11.9 Å². The molecule has 0 aromatic heterocycles. The Bertz CT molecular complexity index is 1030. The lowest BCUT2D eigenvalue weighted by Gasteiger charge is -2.31. The van der Waals surface area contributed by atoms with Crippen LogP contribution < -0.4 is 9.62 Å². The van der Waals surface area contributed by atoms with Crippen molar-refractivity contribution in [2.45, 2.75) is 33.4 Å². The maximum Gasteiger partial charge on any atom is 0.244 e. The van der Waals surface area contributed by atoms with Crippen molar-refractivity contribution in [3.05, 3.63) is 64.1 Å². The Kier molecular flexibility index (Phi) is 8.64. The van der Waals surface area contributed by atoms with Crippen LogP contribution in [-0.2, 0) is 26.2 Å². The number of aryl methyl sites for hydroxylation is 1. The van der Waals surface area contributed by atoms with Gasteiger partial charge >= 0.3 is 0 Å². The first-order chi connectivity index (χ1) is 14.5. The van der Waals surface area contributed by atoms with Crippen molar-refractivity contribution < 1.29 is 18.0 Å². The molecule has 2 aromatic carbocycles. The zero-order chi connectivity index (χ0) is 23.2. The third-order valence-corrected chi connectivity index (χ3v) is 6.50. The molecule has 0 heterocycles. The highest BCUT2D eigenvalue weighted by Crippen LogP contribution is 2.23. The number of halogens is 1. The van der Waals surface area contributed by atoms with Crippen LogP contribution in [0.2, 0.25) is 0 Å². The summed E-state index contributed by atoms with van der Waals surface area (Å²) in [6.45, 7) is 5.44. The van der Waals surface area contributed by atoms with Gasteiger partial charge in [-0.1, -0.05) is 46.3 Å². The van der Waals surface area contributed by atoms with Crippen LogP contribution in [0.25, 0.3) is 0 Å². The van der Waals surface area contributed by atoms with Gasteiger partial charge in [0.1, 0.15) is 12.6 Å². The first-order valence-corrected chi connectivity index (χ1v) is 12.5. The molecule has 7 nitrogen and oxygen atoms in total. The summed E-state index contributed by atoms with van der Waals surface area (Å²) in [4.78, 5) is 27.2. The van der Waals surface area contributed by atoms with Crippen LogP contribution in [0.15, 0.2) is 53.0 Å². The Morgan fingerprint density at radius 3 is 2.26 bits per heavy atom. The van der Waals surface area contributed by atoms with E-state index >= 15 is 0 Å². The molecule has 31 heavy (non-hydrogen) atoms. The topological polar surface area (TPSA) is 86.8 Å². The zero-order valence-corrected chi connectivity index (χ0v) is 20.5. The van der Waals surface area contributed by atoms with E-state index in [9.17, 15) is 18.0 Å². The van der Waals surface area contributed by atoms with Crippen LogP contribution >= 0.6 is 15.9 Å². The number of benzene rings is 2. The summed E-state index contributed by atoms with van der Waals surface area (Å²) in [5.41, 5.74) is 2.00. The van der Waals surface area contributed by atoms with Crippen molar-refractivity contribution in [2.24, 2.45) is 0 Å². The highest BCUT2D eigenvalue weighted by Gasteiger charge is 2.30. The van der Waals surface area contributed by atoms with Gasteiger partial charge in [-0.3, -0.25) is 13.9 Å². The number of hydrogen-bond acceptors (Lipinski definition) is 4. The molecule has 1 atom stereocenters. The molecule has 0 unspecified atom stereocenters. The molecule has 2 amide bonds. The molecule has 0 fully saturated rings. The SMILES string of the molecule is CCNC(=O)[C@@H](C)N(Cc1ccc(Br)cc1)C(=O)CN(c1ccccc1C)S(C)(=O)=O. The fraction of sp³-hybridized carbons (Fsp3) is 0.364. The summed E-state index contributed by atoms with van der Waals surface area (Å²) in [6.07, 6.45) is 1.07. The molecule has 2 rings (SSSR count). The normalized spacial score (nSPS) is 12.2. The van der Waals surface area contributed by atoms with Gasteiger partial charge in [-0.2, -0.15) is 0 Å². The predicted octanol–water partition coefficient (Wildman–Crippen LogP) is 3.08. The van der Waals surface area contributed by atoms with Crippen LogP contribution in [-0.4, -0.2) is 50.5 Å². The minimum atomic E-state index is -3.72. The molecule has 0 saturated carbocycles. The lowest BCUT2D eigenvalue weighted by molar-refractivity contribution is -0.139. The standard InChI is InChI=1S/C22H28BrN3O4S/c1-5-24-22(28)17(3)25(14-18-10-12-19(23)13-11-18)21(27)15-26(31(4,29)30)20-9-7-6-8-16(20)2/h6-13,17H,5,14-15H2,1-4H3,(H,24,28)/t17-/m1/s1. The maximum absolute atomic E-state index is 13.3. The number of nitrogens with zero attached hydrogens (tertiary/aromatic N) is 2. The Balaban J connectivity index is 2.38. The van der Waals surface area contributed by atoms with Crippen molar-refractivity contribution >= 4 is 43.5 Å². The largest absolute Gasteiger partial charge is 0.355 e. The molecule has 0 spiro atoms. The summed E-state index contributed by atoms with van der Waals surface area (Å²) in [5, 5.41) is 2.73. The number of carbonyl (C=O) groups is 2. The molecule has 9 heteroatoms. The van der Waals surface area contributed by atoms with Crippen LogP contribution in [0.3, 0.4) is 0 Å². The van der Waals surface area contributed by atoms with E-state index in [0.29, 0.717) is 12.2 Å². The summed E-state index contributed by atoms with van der Waals surface area (Å²) in [5.74, 6) is -0.759. The van der Waals surface area contributed by atoms with Crippen LogP contribution in [0.1, 0.15) is 25.0 Å². The van der Waals surface area contributed by atoms with Gasteiger partial charge < -0.3 is 10.2 Å². The number of carbonyl (C=O) groups excluding carboxylic acids is 2. The van der Waals surface area contributed by atoms with Gasteiger partial charge in [0.25, 0.3) is 0 Å². The zero-order valence-electron chi connectivity index (χ0n) is 18.1. The van der Waals surface area contributed by atoms with Gasteiger partial charge in [0.2, 0.25) is 21.8 Å². The second-order valence-electron chi connectivity index (χ2n) is 7.27. The van der Waals surface area contributed by atoms with E-state index in [4.69, 9.17) is 0 Å². The second-order valence-corrected chi connectivity index (χ2v) is 10.1. The van der Waals surface area contributed by atoms with E-state index < -0.39 is 28.5 Å².